The summed E-state index contributed by atoms with van der Waals surface area (Å²) < 4.78 is 0. The largest absolute Gasteiger partial charge is 0.478 e. The van der Waals surface area contributed by atoms with E-state index >= 15 is 0 Å². The minimum absolute atomic E-state index is 0.0729. The summed E-state index contributed by atoms with van der Waals surface area (Å²) in [6.45, 7) is 3.82. The Hall–Kier alpha value is -1.13. The highest BCUT2D eigenvalue weighted by molar-refractivity contribution is 6.30. The molecule has 5 heteroatoms. The second kappa shape index (κ2) is 4.59. The van der Waals surface area contributed by atoms with Crippen molar-refractivity contribution in [1.29, 1.82) is 0 Å². The van der Waals surface area contributed by atoms with Crippen molar-refractivity contribution >= 4 is 17.6 Å². The third-order valence-electron chi connectivity index (χ3n) is 2.15. The Labute approximate surface area is 93.1 Å². The molecule has 0 unspecified atom stereocenters. The molecule has 0 aromatic carbocycles. The number of carbonyl (C=O) groups is 1. The lowest BCUT2D eigenvalue weighted by molar-refractivity contribution is 0.0694. The van der Waals surface area contributed by atoms with Gasteiger partial charge in [0.2, 0.25) is 0 Å². The van der Waals surface area contributed by atoms with Gasteiger partial charge in [0.05, 0.1) is 22.3 Å². The molecular formula is C10H13ClN2O2. The number of pyridine rings is 1. The van der Waals surface area contributed by atoms with Gasteiger partial charge in [-0.3, -0.25) is 4.98 Å². The summed E-state index contributed by atoms with van der Waals surface area (Å²) in [6, 6.07) is 0.974. The van der Waals surface area contributed by atoms with Gasteiger partial charge in [0.25, 0.3) is 0 Å². The Kier molecular flexibility index (Phi) is 3.66. The van der Waals surface area contributed by atoms with E-state index in [1.165, 1.54) is 12.3 Å². The summed E-state index contributed by atoms with van der Waals surface area (Å²) >= 11 is 5.68. The van der Waals surface area contributed by atoms with E-state index in [0.29, 0.717) is 10.7 Å². The summed E-state index contributed by atoms with van der Waals surface area (Å²) in [5.74, 6) is -0.937. The zero-order chi connectivity index (χ0) is 11.6. The van der Waals surface area contributed by atoms with Crippen molar-refractivity contribution in [3.8, 4) is 0 Å². The zero-order valence-corrected chi connectivity index (χ0v) is 9.32. The number of hydrogen-bond donors (Lipinski definition) is 2. The molecule has 4 nitrogen and oxygen atoms in total. The van der Waals surface area contributed by atoms with E-state index in [-0.39, 0.29) is 11.5 Å². The highest BCUT2D eigenvalue weighted by Crippen LogP contribution is 2.22. The zero-order valence-electron chi connectivity index (χ0n) is 8.57. The smallest absolute Gasteiger partial charge is 0.337 e. The van der Waals surface area contributed by atoms with Gasteiger partial charge < -0.3 is 10.8 Å². The van der Waals surface area contributed by atoms with Crippen LogP contribution in [-0.2, 0) is 0 Å². The van der Waals surface area contributed by atoms with Crippen molar-refractivity contribution in [3.63, 3.8) is 0 Å². The van der Waals surface area contributed by atoms with Crippen molar-refractivity contribution in [2.45, 2.75) is 19.9 Å². The van der Waals surface area contributed by atoms with E-state index in [1.54, 1.807) is 0 Å². The second-order valence-corrected chi connectivity index (χ2v) is 4.10. The third kappa shape index (κ3) is 2.67. The van der Waals surface area contributed by atoms with Crippen LogP contribution in [0.4, 0.5) is 0 Å². The lowest BCUT2D eigenvalue weighted by Crippen LogP contribution is -2.21. The molecule has 15 heavy (non-hydrogen) atoms. The van der Waals surface area contributed by atoms with Crippen LogP contribution in [0, 0.1) is 5.92 Å². The van der Waals surface area contributed by atoms with Gasteiger partial charge in [-0.1, -0.05) is 25.4 Å². The Morgan fingerprint density at radius 2 is 2.20 bits per heavy atom. The number of nitrogens with zero attached hydrogens (tertiary/aromatic N) is 1. The summed E-state index contributed by atoms with van der Waals surface area (Å²) in [4.78, 5) is 14.9. The third-order valence-corrected chi connectivity index (χ3v) is 2.36. The van der Waals surface area contributed by atoms with Gasteiger partial charge in [-0.25, -0.2) is 4.79 Å². The predicted octanol–water partition coefficient (Wildman–Crippen LogP) is 2.09. The summed E-state index contributed by atoms with van der Waals surface area (Å²) in [7, 11) is 0. The maximum atomic E-state index is 10.9. The van der Waals surface area contributed by atoms with Crippen LogP contribution in [-0.4, -0.2) is 16.1 Å². The van der Waals surface area contributed by atoms with Crippen LogP contribution in [0.5, 0.6) is 0 Å². The maximum Gasteiger partial charge on any atom is 0.337 e. The van der Waals surface area contributed by atoms with Gasteiger partial charge in [0, 0.05) is 6.20 Å². The molecule has 0 aliphatic carbocycles. The van der Waals surface area contributed by atoms with Gasteiger partial charge in [-0.05, 0) is 12.0 Å². The molecule has 0 amide bonds. The van der Waals surface area contributed by atoms with Crippen LogP contribution < -0.4 is 5.73 Å². The first-order chi connectivity index (χ1) is 6.93. The first-order valence-electron chi connectivity index (χ1n) is 4.57. The average Bonchev–Trinajstić information content (AvgIpc) is 2.16. The molecule has 0 aliphatic rings. The van der Waals surface area contributed by atoms with Crippen LogP contribution in [0.1, 0.15) is 35.9 Å². The molecule has 3 N–H and O–H groups in total. The lowest BCUT2D eigenvalue weighted by atomic mass is 9.98. The van der Waals surface area contributed by atoms with E-state index in [9.17, 15) is 4.79 Å². The van der Waals surface area contributed by atoms with Crippen LogP contribution >= 0.6 is 11.6 Å². The SMILES string of the molecule is CC(C)[C@H](N)c1ncc(Cl)cc1C(=O)O. The fraction of sp³-hybridized carbons (Fsp3) is 0.400. The monoisotopic (exact) mass is 228 g/mol. The number of carboxylic acid groups (broad SMARTS) is 1. The molecule has 0 aliphatic heterocycles. The maximum absolute atomic E-state index is 10.9. The fourth-order valence-corrected chi connectivity index (χ4v) is 1.36. The number of nitrogens with two attached hydrogens (primary N) is 1. The quantitative estimate of drug-likeness (QED) is 0.831. The van der Waals surface area contributed by atoms with Gasteiger partial charge in [-0.15, -0.1) is 0 Å². The number of aromatic carboxylic acids is 1. The van der Waals surface area contributed by atoms with E-state index in [2.05, 4.69) is 4.98 Å². The average molecular weight is 229 g/mol. The fourth-order valence-electron chi connectivity index (χ4n) is 1.20. The van der Waals surface area contributed by atoms with Crippen molar-refractivity contribution in [3.05, 3.63) is 28.5 Å². The topological polar surface area (TPSA) is 76.2 Å². The number of aromatic nitrogens is 1. The molecule has 1 atom stereocenters. The van der Waals surface area contributed by atoms with E-state index in [4.69, 9.17) is 22.4 Å². The highest BCUT2D eigenvalue weighted by Gasteiger charge is 2.20. The van der Waals surface area contributed by atoms with Gasteiger partial charge in [0.15, 0.2) is 0 Å². The minimum Gasteiger partial charge on any atom is -0.478 e. The Morgan fingerprint density at radius 1 is 1.60 bits per heavy atom. The predicted molar refractivity (Wildman–Crippen MR) is 58.0 cm³/mol. The van der Waals surface area contributed by atoms with E-state index in [0.717, 1.165) is 0 Å². The molecule has 0 fully saturated rings. The summed E-state index contributed by atoms with van der Waals surface area (Å²) in [5.41, 5.74) is 6.31. The molecule has 82 valence electrons. The number of carboxylic acids is 1. The highest BCUT2D eigenvalue weighted by atomic mass is 35.5. The van der Waals surface area contributed by atoms with Gasteiger partial charge >= 0.3 is 5.97 Å². The Balaban J connectivity index is 3.22. The number of rotatable bonds is 3. The van der Waals surface area contributed by atoms with Crippen molar-refractivity contribution < 1.29 is 9.90 Å². The van der Waals surface area contributed by atoms with Crippen molar-refractivity contribution in [2.75, 3.05) is 0 Å². The first kappa shape index (κ1) is 11.9. The molecule has 1 rings (SSSR count). The van der Waals surface area contributed by atoms with E-state index in [1.807, 2.05) is 13.8 Å². The first-order valence-corrected chi connectivity index (χ1v) is 4.95. The molecule has 1 aromatic rings. The molecule has 0 saturated heterocycles. The molecule has 1 heterocycles. The number of halogens is 1. The molecule has 0 radical (unpaired) electrons. The van der Waals surface area contributed by atoms with Crippen molar-refractivity contribution in [2.24, 2.45) is 11.7 Å². The second-order valence-electron chi connectivity index (χ2n) is 3.66. The minimum atomic E-state index is -1.06. The van der Waals surface area contributed by atoms with Crippen LogP contribution in [0.2, 0.25) is 5.02 Å². The lowest BCUT2D eigenvalue weighted by Gasteiger charge is -2.16. The summed E-state index contributed by atoms with van der Waals surface area (Å²) in [6.07, 6.45) is 1.41. The number of hydrogen-bond acceptors (Lipinski definition) is 3. The molecule has 0 saturated carbocycles. The Morgan fingerprint density at radius 3 is 2.67 bits per heavy atom. The van der Waals surface area contributed by atoms with Crippen LogP contribution in [0.3, 0.4) is 0 Å². The standard InChI is InChI=1S/C10H13ClN2O2/c1-5(2)8(12)9-7(10(14)15)3-6(11)4-13-9/h3-5,8H,12H2,1-2H3,(H,14,15)/t8-/m0/s1. The molecule has 1 aromatic heterocycles. The van der Waals surface area contributed by atoms with Gasteiger partial charge in [-0.2, -0.15) is 0 Å². The molecule has 0 bridgehead atoms. The van der Waals surface area contributed by atoms with E-state index < -0.39 is 12.0 Å². The summed E-state index contributed by atoms with van der Waals surface area (Å²) in [5, 5.41) is 9.26. The van der Waals surface area contributed by atoms with Gasteiger partial charge in [0.1, 0.15) is 0 Å². The van der Waals surface area contributed by atoms with Crippen LogP contribution in [0.25, 0.3) is 0 Å². The van der Waals surface area contributed by atoms with Crippen molar-refractivity contribution in [1.82, 2.24) is 4.98 Å². The molecular weight excluding hydrogens is 216 g/mol. The van der Waals surface area contributed by atoms with Crippen LogP contribution in [0.15, 0.2) is 12.3 Å². The Bertz CT molecular complexity index is 380. The normalized spacial score (nSPS) is 12.9. The molecule has 0 spiro atoms.